The van der Waals surface area contributed by atoms with Gasteiger partial charge in [-0.1, -0.05) is 0 Å². The van der Waals surface area contributed by atoms with Crippen molar-refractivity contribution in [2.45, 2.75) is 31.4 Å². The first-order chi connectivity index (χ1) is 9.48. The van der Waals surface area contributed by atoms with Crippen molar-refractivity contribution in [3.05, 3.63) is 16.3 Å². The number of sulfone groups is 1. The molecule has 0 atom stereocenters. The highest BCUT2D eigenvalue weighted by Gasteiger charge is 2.21. The summed E-state index contributed by atoms with van der Waals surface area (Å²) in [5, 5.41) is 4.18. The molecular weight excluding hydrogens is 294 g/mol. The van der Waals surface area contributed by atoms with Gasteiger partial charge in [0.05, 0.1) is 5.39 Å². The van der Waals surface area contributed by atoms with Crippen LogP contribution in [0.25, 0.3) is 10.2 Å². The number of hydrogen-bond acceptors (Lipinski definition) is 6. The minimum Gasteiger partial charge on any atom is -0.372 e. The molecule has 3 rings (SSSR count). The second-order valence-electron chi connectivity index (χ2n) is 5.20. The molecular formula is C13H17N3O2S2. The van der Waals surface area contributed by atoms with Gasteiger partial charge in [-0.25, -0.2) is 18.4 Å². The molecule has 0 aliphatic heterocycles. The van der Waals surface area contributed by atoms with E-state index in [1.807, 2.05) is 7.05 Å². The van der Waals surface area contributed by atoms with Crippen LogP contribution in [0.15, 0.2) is 0 Å². The van der Waals surface area contributed by atoms with E-state index in [0.29, 0.717) is 5.82 Å². The van der Waals surface area contributed by atoms with E-state index in [1.54, 1.807) is 11.3 Å². The molecule has 0 aromatic carbocycles. The Kier molecular flexibility index (Phi) is 3.41. The molecule has 7 heteroatoms. The first-order valence-electron chi connectivity index (χ1n) is 6.64. The number of nitrogens with one attached hydrogen (secondary N) is 1. The molecule has 1 aliphatic rings. The Bertz CT molecular complexity index is 766. The number of rotatable bonds is 3. The smallest absolute Gasteiger partial charge is 0.154 e. The Morgan fingerprint density at radius 1 is 1.25 bits per heavy atom. The Morgan fingerprint density at radius 3 is 2.70 bits per heavy atom. The van der Waals surface area contributed by atoms with E-state index in [2.05, 4.69) is 15.3 Å². The van der Waals surface area contributed by atoms with Crippen LogP contribution in [0.4, 0.5) is 5.82 Å². The predicted molar refractivity (Wildman–Crippen MR) is 82.2 cm³/mol. The lowest BCUT2D eigenvalue weighted by Crippen LogP contribution is -2.07. The Labute approximate surface area is 122 Å². The molecule has 0 unspecified atom stereocenters. The van der Waals surface area contributed by atoms with Crippen LogP contribution in [0, 0.1) is 0 Å². The lowest BCUT2D eigenvalue weighted by atomic mass is 9.97. The van der Waals surface area contributed by atoms with E-state index >= 15 is 0 Å². The average Bonchev–Trinajstić information content (AvgIpc) is 2.73. The molecule has 20 heavy (non-hydrogen) atoms. The summed E-state index contributed by atoms with van der Waals surface area (Å²) in [4.78, 5) is 11.1. The largest absolute Gasteiger partial charge is 0.372 e. The molecule has 1 aliphatic carbocycles. The van der Waals surface area contributed by atoms with Gasteiger partial charge in [0.25, 0.3) is 0 Å². The van der Waals surface area contributed by atoms with Gasteiger partial charge in [-0.2, -0.15) is 0 Å². The molecule has 0 amide bonds. The third kappa shape index (κ3) is 2.52. The summed E-state index contributed by atoms with van der Waals surface area (Å²) in [5.41, 5.74) is 1.35. The van der Waals surface area contributed by atoms with Crippen molar-refractivity contribution in [3.8, 4) is 0 Å². The Hall–Kier alpha value is -1.21. The lowest BCUT2D eigenvalue weighted by Gasteiger charge is -2.11. The third-order valence-electron chi connectivity index (χ3n) is 3.49. The van der Waals surface area contributed by atoms with Gasteiger partial charge in [-0.3, -0.25) is 0 Å². The third-order valence-corrected chi connectivity index (χ3v) is 5.46. The van der Waals surface area contributed by atoms with Crippen LogP contribution in [0.2, 0.25) is 0 Å². The summed E-state index contributed by atoms with van der Waals surface area (Å²) in [7, 11) is -1.30. The number of aryl methyl sites for hydroxylation is 2. The molecule has 108 valence electrons. The zero-order valence-corrected chi connectivity index (χ0v) is 13.2. The van der Waals surface area contributed by atoms with Crippen LogP contribution in [0.3, 0.4) is 0 Å². The predicted octanol–water partition coefficient (Wildman–Crippen LogP) is 2.16. The SMILES string of the molecule is CNc1nc(CS(C)(=O)=O)nc2sc3c(c12)CCCC3. The summed E-state index contributed by atoms with van der Waals surface area (Å²) in [6.07, 6.45) is 5.80. The molecule has 0 bridgehead atoms. The van der Waals surface area contributed by atoms with Gasteiger partial charge in [0.2, 0.25) is 0 Å². The standard InChI is InChI=1S/C13H17N3O2S2/c1-14-12-11-8-5-3-4-6-9(8)19-13(11)16-10(15-12)7-20(2,17)18/h3-7H2,1-2H3,(H,14,15,16). The van der Waals surface area contributed by atoms with Crippen molar-refractivity contribution < 1.29 is 8.42 Å². The summed E-state index contributed by atoms with van der Waals surface area (Å²) in [6.45, 7) is 0. The maximum absolute atomic E-state index is 11.4. The second-order valence-corrected chi connectivity index (χ2v) is 8.42. The number of anilines is 1. The average molecular weight is 311 g/mol. The van der Waals surface area contributed by atoms with Crippen molar-refractivity contribution in [2.75, 3.05) is 18.6 Å². The number of hydrogen-bond donors (Lipinski definition) is 1. The monoisotopic (exact) mass is 311 g/mol. The molecule has 5 nitrogen and oxygen atoms in total. The molecule has 0 saturated carbocycles. The van der Waals surface area contributed by atoms with Gasteiger partial charge in [0, 0.05) is 18.2 Å². The second kappa shape index (κ2) is 4.96. The van der Waals surface area contributed by atoms with Crippen LogP contribution >= 0.6 is 11.3 Å². The Morgan fingerprint density at radius 2 is 2.00 bits per heavy atom. The van der Waals surface area contributed by atoms with E-state index in [-0.39, 0.29) is 5.75 Å². The zero-order chi connectivity index (χ0) is 14.3. The maximum Gasteiger partial charge on any atom is 0.154 e. The van der Waals surface area contributed by atoms with Crippen LogP contribution in [0.1, 0.15) is 29.1 Å². The van der Waals surface area contributed by atoms with E-state index in [0.717, 1.165) is 28.9 Å². The van der Waals surface area contributed by atoms with Gasteiger partial charge in [-0.15, -0.1) is 11.3 Å². The number of nitrogens with zero attached hydrogens (tertiary/aromatic N) is 2. The molecule has 0 fully saturated rings. The van der Waals surface area contributed by atoms with E-state index in [9.17, 15) is 8.42 Å². The molecule has 2 heterocycles. The van der Waals surface area contributed by atoms with Crippen molar-refractivity contribution >= 4 is 37.2 Å². The van der Waals surface area contributed by atoms with Crippen molar-refractivity contribution in [2.24, 2.45) is 0 Å². The number of thiophene rings is 1. The molecule has 1 N–H and O–H groups in total. The molecule has 2 aromatic rings. The fourth-order valence-corrected chi connectivity index (χ4v) is 4.56. The number of fused-ring (bicyclic) bond motifs is 3. The fraction of sp³-hybridized carbons (Fsp3) is 0.538. The highest BCUT2D eigenvalue weighted by molar-refractivity contribution is 7.89. The summed E-state index contributed by atoms with van der Waals surface area (Å²) in [5.74, 6) is 1.02. The summed E-state index contributed by atoms with van der Waals surface area (Å²) >= 11 is 1.68. The molecule has 0 radical (unpaired) electrons. The summed E-state index contributed by atoms with van der Waals surface area (Å²) in [6, 6.07) is 0. The van der Waals surface area contributed by atoms with E-state index in [4.69, 9.17) is 0 Å². The highest BCUT2D eigenvalue weighted by atomic mass is 32.2. The molecule has 0 spiro atoms. The van der Waals surface area contributed by atoms with Crippen molar-refractivity contribution in [3.63, 3.8) is 0 Å². The van der Waals surface area contributed by atoms with Crippen molar-refractivity contribution in [1.82, 2.24) is 9.97 Å². The van der Waals surface area contributed by atoms with Gasteiger partial charge in [-0.05, 0) is 31.2 Å². The van der Waals surface area contributed by atoms with Crippen LogP contribution in [-0.2, 0) is 28.4 Å². The maximum atomic E-state index is 11.4. The van der Waals surface area contributed by atoms with Crippen LogP contribution in [-0.4, -0.2) is 31.7 Å². The van der Waals surface area contributed by atoms with Crippen LogP contribution < -0.4 is 5.32 Å². The normalized spacial score (nSPS) is 15.3. The molecule has 0 saturated heterocycles. The van der Waals surface area contributed by atoms with Crippen LogP contribution in [0.5, 0.6) is 0 Å². The minimum atomic E-state index is -3.12. The van der Waals surface area contributed by atoms with Gasteiger partial charge >= 0.3 is 0 Å². The van der Waals surface area contributed by atoms with E-state index < -0.39 is 9.84 Å². The fourth-order valence-electron chi connectivity index (χ4n) is 2.68. The Balaban J connectivity index is 2.19. The highest BCUT2D eigenvalue weighted by Crippen LogP contribution is 2.38. The minimum absolute atomic E-state index is 0.111. The lowest BCUT2D eigenvalue weighted by molar-refractivity contribution is 0.600. The zero-order valence-electron chi connectivity index (χ0n) is 11.6. The van der Waals surface area contributed by atoms with Crippen molar-refractivity contribution in [1.29, 1.82) is 0 Å². The molecule has 2 aromatic heterocycles. The summed E-state index contributed by atoms with van der Waals surface area (Å²) < 4.78 is 22.9. The first-order valence-corrected chi connectivity index (χ1v) is 9.52. The first kappa shape index (κ1) is 13.8. The van der Waals surface area contributed by atoms with Gasteiger partial charge in [0.1, 0.15) is 22.2 Å². The van der Waals surface area contributed by atoms with Gasteiger partial charge in [0.15, 0.2) is 9.84 Å². The van der Waals surface area contributed by atoms with Gasteiger partial charge < -0.3 is 5.32 Å². The topological polar surface area (TPSA) is 72.0 Å². The quantitative estimate of drug-likeness (QED) is 0.940. The number of aromatic nitrogens is 2. The van der Waals surface area contributed by atoms with E-state index in [1.165, 1.54) is 29.5 Å².